The lowest BCUT2D eigenvalue weighted by molar-refractivity contribution is -0.385. The number of nitrogens with zero attached hydrogens (tertiary/aromatic N) is 1. The summed E-state index contributed by atoms with van der Waals surface area (Å²) in [6.45, 7) is 1.58. The van der Waals surface area contributed by atoms with Gasteiger partial charge in [-0.05, 0) is 43.3 Å². The van der Waals surface area contributed by atoms with Gasteiger partial charge in [0.1, 0.15) is 0 Å². The van der Waals surface area contributed by atoms with Gasteiger partial charge in [0.25, 0.3) is 17.5 Å². The van der Waals surface area contributed by atoms with Gasteiger partial charge < -0.3 is 10.6 Å². The van der Waals surface area contributed by atoms with Gasteiger partial charge in [0.15, 0.2) is 0 Å². The van der Waals surface area contributed by atoms with E-state index >= 15 is 0 Å². The van der Waals surface area contributed by atoms with Gasteiger partial charge in [-0.1, -0.05) is 30.0 Å². The van der Waals surface area contributed by atoms with Gasteiger partial charge in [0.2, 0.25) is 0 Å². The van der Waals surface area contributed by atoms with E-state index in [-0.39, 0.29) is 11.6 Å². The number of fused-ring (bicyclic) bond motifs is 2. The fourth-order valence-electron chi connectivity index (χ4n) is 3.06. The highest BCUT2D eigenvalue weighted by molar-refractivity contribution is 7.99. The van der Waals surface area contributed by atoms with E-state index in [1.165, 1.54) is 23.9 Å². The molecule has 3 aromatic carbocycles. The third kappa shape index (κ3) is 3.57. The van der Waals surface area contributed by atoms with Crippen LogP contribution in [0.25, 0.3) is 0 Å². The van der Waals surface area contributed by atoms with Crippen LogP contribution in [0.4, 0.5) is 17.1 Å². The lowest BCUT2D eigenvalue weighted by atomic mass is 10.1. The van der Waals surface area contributed by atoms with Crippen molar-refractivity contribution in [3.63, 3.8) is 0 Å². The standard InChI is InChI=1S/C21H15N3O4S/c1-12-15(6-4-7-17(12)24(27)28)22-20(25)13-9-10-19-16(11-13)23-21(26)14-5-2-3-8-18(14)29-19/h2-11H,1H3,(H,22,25)(H,23,26). The zero-order chi connectivity index (χ0) is 20.5. The number of nitro groups is 1. The minimum Gasteiger partial charge on any atom is -0.321 e. The monoisotopic (exact) mass is 405 g/mol. The van der Waals surface area contributed by atoms with Crippen LogP contribution in [0.2, 0.25) is 0 Å². The van der Waals surface area contributed by atoms with Crippen LogP contribution in [-0.2, 0) is 0 Å². The van der Waals surface area contributed by atoms with Crippen molar-refractivity contribution in [1.82, 2.24) is 0 Å². The molecule has 4 rings (SSSR count). The van der Waals surface area contributed by atoms with E-state index < -0.39 is 10.8 Å². The van der Waals surface area contributed by atoms with E-state index in [0.717, 1.165) is 9.79 Å². The summed E-state index contributed by atoms with van der Waals surface area (Å²) < 4.78 is 0. The Morgan fingerprint density at radius 1 is 1.07 bits per heavy atom. The van der Waals surface area contributed by atoms with E-state index in [2.05, 4.69) is 10.6 Å². The third-order valence-corrected chi connectivity index (χ3v) is 5.74. The number of benzene rings is 3. The first kappa shape index (κ1) is 18.7. The van der Waals surface area contributed by atoms with Gasteiger partial charge in [0.05, 0.1) is 27.4 Å². The van der Waals surface area contributed by atoms with Crippen molar-refractivity contribution in [2.75, 3.05) is 10.6 Å². The number of anilines is 2. The van der Waals surface area contributed by atoms with Crippen molar-refractivity contribution in [2.24, 2.45) is 0 Å². The maximum absolute atomic E-state index is 12.7. The van der Waals surface area contributed by atoms with E-state index in [9.17, 15) is 19.7 Å². The van der Waals surface area contributed by atoms with Crippen LogP contribution in [0, 0.1) is 17.0 Å². The molecule has 29 heavy (non-hydrogen) atoms. The van der Waals surface area contributed by atoms with Crippen LogP contribution in [0.1, 0.15) is 26.3 Å². The summed E-state index contributed by atoms with van der Waals surface area (Å²) >= 11 is 1.45. The zero-order valence-electron chi connectivity index (χ0n) is 15.3. The van der Waals surface area contributed by atoms with E-state index in [1.807, 2.05) is 12.1 Å². The Morgan fingerprint density at radius 2 is 1.86 bits per heavy atom. The molecule has 1 aliphatic rings. The molecule has 7 nitrogen and oxygen atoms in total. The Balaban J connectivity index is 1.63. The molecule has 0 radical (unpaired) electrons. The number of hydrogen-bond donors (Lipinski definition) is 2. The lowest BCUT2D eigenvalue weighted by Gasteiger charge is -2.11. The number of amides is 2. The summed E-state index contributed by atoms with van der Waals surface area (Å²) in [6.07, 6.45) is 0. The first-order valence-corrected chi connectivity index (χ1v) is 9.53. The molecule has 0 spiro atoms. The molecule has 0 bridgehead atoms. The molecule has 3 aromatic rings. The Bertz CT molecular complexity index is 1180. The zero-order valence-corrected chi connectivity index (χ0v) is 16.1. The lowest BCUT2D eigenvalue weighted by Crippen LogP contribution is -2.15. The molecule has 0 fully saturated rings. The van der Waals surface area contributed by atoms with Crippen molar-refractivity contribution < 1.29 is 14.5 Å². The summed E-state index contributed by atoms with van der Waals surface area (Å²) in [5.74, 6) is -0.656. The largest absolute Gasteiger partial charge is 0.321 e. The second-order valence-electron chi connectivity index (χ2n) is 6.42. The number of carbonyl (C=O) groups excluding carboxylic acids is 2. The Kier molecular flexibility index (Phi) is 4.77. The predicted octanol–water partition coefficient (Wildman–Crippen LogP) is 4.87. The van der Waals surface area contributed by atoms with Crippen molar-refractivity contribution in [3.05, 3.63) is 87.5 Å². The maximum Gasteiger partial charge on any atom is 0.274 e. The second kappa shape index (κ2) is 7.40. The van der Waals surface area contributed by atoms with Gasteiger partial charge in [-0.25, -0.2) is 0 Å². The predicted molar refractivity (Wildman–Crippen MR) is 111 cm³/mol. The molecule has 0 aromatic heterocycles. The molecule has 8 heteroatoms. The van der Waals surface area contributed by atoms with Crippen molar-refractivity contribution in [3.8, 4) is 0 Å². The minimum absolute atomic E-state index is 0.0637. The summed E-state index contributed by atoms with van der Waals surface area (Å²) in [4.78, 5) is 37.5. The number of nitro benzene ring substituents is 1. The van der Waals surface area contributed by atoms with Gasteiger partial charge in [-0.15, -0.1) is 0 Å². The molecule has 1 heterocycles. The second-order valence-corrected chi connectivity index (χ2v) is 7.51. The number of hydrogen-bond acceptors (Lipinski definition) is 5. The highest BCUT2D eigenvalue weighted by atomic mass is 32.2. The molecule has 0 saturated heterocycles. The molecule has 144 valence electrons. The Morgan fingerprint density at radius 3 is 2.66 bits per heavy atom. The molecule has 0 saturated carbocycles. The average molecular weight is 405 g/mol. The molecule has 2 amide bonds. The Labute approximate surface area is 170 Å². The molecular formula is C21H15N3O4S. The van der Waals surface area contributed by atoms with E-state index in [0.29, 0.717) is 28.1 Å². The van der Waals surface area contributed by atoms with Crippen LogP contribution in [0.15, 0.2) is 70.5 Å². The van der Waals surface area contributed by atoms with Crippen LogP contribution in [0.5, 0.6) is 0 Å². The van der Waals surface area contributed by atoms with Crippen molar-refractivity contribution in [2.45, 2.75) is 16.7 Å². The van der Waals surface area contributed by atoms with E-state index in [1.54, 1.807) is 43.3 Å². The number of carbonyl (C=O) groups is 2. The van der Waals surface area contributed by atoms with Gasteiger partial charge in [-0.3, -0.25) is 19.7 Å². The van der Waals surface area contributed by atoms with Gasteiger partial charge >= 0.3 is 0 Å². The van der Waals surface area contributed by atoms with Gasteiger partial charge in [-0.2, -0.15) is 0 Å². The first-order valence-electron chi connectivity index (χ1n) is 8.71. The normalized spacial score (nSPS) is 12.2. The van der Waals surface area contributed by atoms with Crippen molar-refractivity contribution in [1.29, 1.82) is 0 Å². The molecule has 2 N–H and O–H groups in total. The third-order valence-electron chi connectivity index (χ3n) is 4.59. The highest BCUT2D eigenvalue weighted by Gasteiger charge is 2.21. The Hall–Kier alpha value is -3.65. The van der Waals surface area contributed by atoms with Crippen LogP contribution >= 0.6 is 11.8 Å². The summed E-state index contributed by atoms with van der Waals surface area (Å²) in [6, 6.07) is 16.9. The van der Waals surface area contributed by atoms with Crippen LogP contribution < -0.4 is 10.6 Å². The molecule has 0 atom stereocenters. The quantitative estimate of drug-likeness (QED) is 0.478. The fourth-order valence-corrected chi connectivity index (χ4v) is 4.07. The van der Waals surface area contributed by atoms with Crippen molar-refractivity contribution >= 4 is 40.6 Å². The topological polar surface area (TPSA) is 101 Å². The summed E-state index contributed by atoms with van der Waals surface area (Å²) in [7, 11) is 0. The highest BCUT2D eigenvalue weighted by Crippen LogP contribution is 2.39. The SMILES string of the molecule is Cc1c(NC(=O)c2ccc3c(c2)NC(=O)c2ccccc2S3)cccc1[N+](=O)[O-]. The van der Waals surface area contributed by atoms with E-state index in [4.69, 9.17) is 0 Å². The number of rotatable bonds is 3. The summed E-state index contributed by atoms with van der Waals surface area (Å²) in [5.41, 5.74) is 2.13. The fraction of sp³-hybridized carbons (Fsp3) is 0.0476. The van der Waals surface area contributed by atoms with Crippen LogP contribution in [-0.4, -0.2) is 16.7 Å². The van der Waals surface area contributed by atoms with Crippen LogP contribution in [0.3, 0.4) is 0 Å². The molecule has 0 aliphatic carbocycles. The summed E-state index contributed by atoms with van der Waals surface area (Å²) in [5, 5.41) is 16.7. The van der Waals surface area contributed by atoms with Gasteiger partial charge in [0, 0.05) is 21.4 Å². The average Bonchev–Trinajstić information content (AvgIpc) is 2.84. The first-order chi connectivity index (χ1) is 13.9. The molecule has 1 aliphatic heterocycles. The molecule has 0 unspecified atom stereocenters. The molecular weight excluding hydrogens is 390 g/mol. The minimum atomic E-state index is -0.488. The maximum atomic E-state index is 12.7. The number of nitrogens with one attached hydrogen (secondary N) is 2. The smallest absolute Gasteiger partial charge is 0.274 e.